The van der Waals surface area contributed by atoms with Gasteiger partial charge < -0.3 is 9.72 Å². The van der Waals surface area contributed by atoms with E-state index in [1.165, 1.54) is 24.2 Å². The molecule has 4 aromatic rings. The molecule has 4 heterocycles. The summed E-state index contributed by atoms with van der Waals surface area (Å²) < 4.78 is 35.0. The number of thioether (sulfide) groups is 1. The quantitative estimate of drug-likeness (QED) is 0.438. The Balaban J connectivity index is 1.48. The number of alkyl halides is 2. The van der Waals surface area contributed by atoms with Crippen LogP contribution < -0.4 is 0 Å². The average Bonchev–Trinajstić information content (AvgIpc) is 3.53. The molecule has 1 fully saturated rings. The predicted molar refractivity (Wildman–Crippen MR) is 109 cm³/mol. The Hall–Kier alpha value is -2.72. The van der Waals surface area contributed by atoms with Gasteiger partial charge in [-0.2, -0.15) is 8.78 Å². The third-order valence-electron chi connectivity index (χ3n) is 5.25. The minimum absolute atomic E-state index is 0.0901. The molecule has 7 nitrogen and oxygen atoms in total. The number of fused-ring (bicyclic) bond motifs is 1. The first-order chi connectivity index (χ1) is 14.7. The molecule has 1 saturated heterocycles. The first kappa shape index (κ1) is 19.3. The molecule has 1 atom stereocenters. The fraction of sp³-hybridized carbons (Fsp3) is 0.350. The highest BCUT2D eigenvalue weighted by Crippen LogP contribution is 2.32. The van der Waals surface area contributed by atoms with Crippen LogP contribution >= 0.6 is 11.8 Å². The molecule has 0 bridgehead atoms. The number of hydrogen-bond donors (Lipinski definition) is 1. The van der Waals surface area contributed by atoms with E-state index in [4.69, 9.17) is 4.74 Å². The van der Waals surface area contributed by atoms with E-state index in [0.717, 1.165) is 46.3 Å². The Labute approximate surface area is 175 Å². The van der Waals surface area contributed by atoms with E-state index in [0.29, 0.717) is 17.5 Å². The average molecular weight is 430 g/mol. The highest BCUT2D eigenvalue weighted by molar-refractivity contribution is 7.98. The maximum Gasteiger partial charge on any atom is 0.319 e. The van der Waals surface area contributed by atoms with Crippen LogP contribution in [-0.2, 0) is 17.0 Å². The number of rotatable bonds is 7. The van der Waals surface area contributed by atoms with Gasteiger partial charge in [-0.25, -0.2) is 4.98 Å². The second-order valence-electron chi connectivity index (χ2n) is 7.12. The van der Waals surface area contributed by atoms with Gasteiger partial charge in [0.05, 0.1) is 18.4 Å². The number of hydrogen-bond acceptors (Lipinski definition) is 5. The molecule has 0 amide bonds. The first-order valence-corrected chi connectivity index (χ1v) is 10.7. The number of H-pyrrole nitrogens is 1. The van der Waals surface area contributed by atoms with Crippen molar-refractivity contribution in [1.82, 2.24) is 29.3 Å². The molecular weight excluding hydrogens is 410 g/mol. The SMILES string of the molecule is FC(F)n1ccnc1CSc1nnc(-c2c[nH]c3ccccc23)n1CC1CCCO1. The summed E-state index contributed by atoms with van der Waals surface area (Å²) in [5.41, 5.74) is 1.98. The van der Waals surface area contributed by atoms with E-state index in [-0.39, 0.29) is 11.9 Å². The topological polar surface area (TPSA) is 73.5 Å². The van der Waals surface area contributed by atoms with Crippen molar-refractivity contribution in [1.29, 1.82) is 0 Å². The van der Waals surface area contributed by atoms with Crippen LogP contribution in [0.25, 0.3) is 22.3 Å². The lowest BCUT2D eigenvalue weighted by Crippen LogP contribution is -2.16. The van der Waals surface area contributed by atoms with Crippen molar-refractivity contribution in [2.75, 3.05) is 6.61 Å². The monoisotopic (exact) mass is 430 g/mol. The second kappa shape index (κ2) is 8.19. The lowest BCUT2D eigenvalue weighted by atomic mass is 10.1. The van der Waals surface area contributed by atoms with E-state index in [2.05, 4.69) is 20.2 Å². The van der Waals surface area contributed by atoms with E-state index < -0.39 is 6.55 Å². The number of para-hydroxylation sites is 1. The van der Waals surface area contributed by atoms with Gasteiger partial charge in [-0.1, -0.05) is 30.0 Å². The van der Waals surface area contributed by atoms with Crippen molar-refractivity contribution in [3.05, 3.63) is 48.7 Å². The molecule has 30 heavy (non-hydrogen) atoms. The highest BCUT2D eigenvalue weighted by Gasteiger charge is 2.23. The molecule has 0 aliphatic carbocycles. The molecule has 0 radical (unpaired) electrons. The highest BCUT2D eigenvalue weighted by atomic mass is 32.2. The summed E-state index contributed by atoms with van der Waals surface area (Å²) >= 11 is 1.35. The van der Waals surface area contributed by atoms with Gasteiger partial charge >= 0.3 is 6.55 Å². The lowest BCUT2D eigenvalue weighted by molar-refractivity contribution is 0.0678. The number of aromatic amines is 1. The van der Waals surface area contributed by atoms with E-state index in [1.54, 1.807) is 0 Å². The first-order valence-electron chi connectivity index (χ1n) is 9.74. The Morgan fingerprint density at radius 3 is 3.00 bits per heavy atom. The van der Waals surface area contributed by atoms with E-state index in [9.17, 15) is 8.78 Å². The minimum Gasteiger partial charge on any atom is -0.376 e. The fourth-order valence-electron chi connectivity index (χ4n) is 3.77. The number of nitrogens with one attached hydrogen (secondary N) is 1. The normalized spacial score (nSPS) is 16.8. The standard InChI is InChI=1S/C20H20F2N6OS/c21-19(22)27-8-7-23-17(27)12-30-20-26-25-18(28(20)11-13-4-3-9-29-13)15-10-24-16-6-2-1-5-14(15)16/h1-2,5-8,10,13,19,24H,3-4,9,11-12H2. The smallest absolute Gasteiger partial charge is 0.319 e. The number of nitrogens with zero attached hydrogens (tertiary/aromatic N) is 5. The molecule has 1 aromatic carbocycles. The number of ether oxygens (including phenoxy) is 1. The summed E-state index contributed by atoms with van der Waals surface area (Å²) in [4.78, 5) is 7.33. The fourth-order valence-corrected chi connectivity index (χ4v) is 4.67. The third-order valence-corrected chi connectivity index (χ3v) is 6.21. The molecule has 3 aromatic heterocycles. The largest absolute Gasteiger partial charge is 0.376 e. The van der Waals surface area contributed by atoms with Crippen LogP contribution in [0.2, 0.25) is 0 Å². The summed E-state index contributed by atoms with van der Waals surface area (Å²) in [5, 5.41) is 10.5. The van der Waals surface area contributed by atoms with E-state index >= 15 is 0 Å². The summed E-state index contributed by atoms with van der Waals surface area (Å²) in [5.74, 6) is 1.31. The van der Waals surface area contributed by atoms with Crippen LogP contribution in [0.3, 0.4) is 0 Å². The van der Waals surface area contributed by atoms with Crippen molar-refractivity contribution >= 4 is 22.7 Å². The zero-order valence-electron chi connectivity index (χ0n) is 16.0. The van der Waals surface area contributed by atoms with Gasteiger partial charge in [-0.3, -0.25) is 9.13 Å². The van der Waals surface area contributed by atoms with Gasteiger partial charge in [0, 0.05) is 41.7 Å². The zero-order chi connectivity index (χ0) is 20.5. The van der Waals surface area contributed by atoms with Crippen LogP contribution in [0.15, 0.2) is 48.0 Å². The molecule has 156 valence electrons. The van der Waals surface area contributed by atoms with Gasteiger partial charge in [0.15, 0.2) is 11.0 Å². The Bertz CT molecular complexity index is 1150. The molecule has 1 aliphatic heterocycles. The summed E-state index contributed by atoms with van der Waals surface area (Å²) in [7, 11) is 0. The molecule has 1 unspecified atom stereocenters. The summed E-state index contributed by atoms with van der Waals surface area (Å²) in [6.45, 7) is -1.24. The van der Waals surface area contributed by atoms with Gasteiger partial charge in [-0.15, -0.1) is 10.2 Å². The molecule has 5 rings (SSSR count). The van der Waals surface area contributed by atoms with Crippen LogP contribution in [0, 0.1) is 0 Å². The molecule has 10 heteroatoms. The van der Waals surface area contributed by atoms with Gasteiger partial charge in [0.1, 0.15) is 5.82 Å². The number of aromatic nitrogens is 6. The van der Waals surface area contributed by atoms with Crippen molar-refractivity contribution in [2.45, 2.75) is 42.9 Å². The van der Waals surface area contributed by atoms with Gasteiger partial charge in [0.25, 0.3) is 0 Å². The number of imidazole rings is 1. The lowest BCUT2D eigenvalue weighted by Gasteiger charge is -2.14. The van der Waals surface area contributed by atoms with Crippen molar-refractivity contribution < 1.29 is 13.5 Å². The van der Waals surface area contributed by atoms with Gasteiger partial charge in [-0.05, 0) is 18.9 Å². The molecule has 0 spiro atoms. The van der Waals surface area contributed by atoms with Crippen molar-refractivity contribution in [2.24, 2.45) is 0 Å². The molecule has 1 aliphatic rings. The van der Waals surface area contributed by atoms with Crippen LogP contribution in [0.4, 0.5) is 8.78 Å². The molecule has 1 N–H and O–H groups in total. The van der Waals surface area contributed by atoms with Crippen LogP contribution in [0.1, 0.15) is 25.2 Å². The zero-order valence-corrected chi connectivity index (χ0v) is 16.9. The Morgan fingerprint density at radius 1 is 1.27 bits per heavy atom. The molecular formula is C20H20F2N6OS. The third kappa shape index (κ3) is 3.61. The van der Waals surface area contributed by atoms with Crippen molar-refractivity contribution in [3.8, 4) is 11.4 Å². The maximum absolute atomic E-state index is 13.1. The number of benzene rings is 1. The van der Waals surface area contributed by atoms with E-state index in [1.807, 2.05) is 35.0 Å². The van der Waals surface area contributed by atoms with Crippen LogP contribution in [-0.4, -0.2) is 42.0 Å². The number of halogens is 2. The Morgan fingerprint density at radius 2 is 2.17 bits per heavy atom. The Kier molecular flexibility index (Phi) is 5.26. The second-order valence-corrected chi connectivity index (χ2v) is 8.06. The minimum atomic E-state index is -2.62. The van der Waals surface area contributed by atoms with Crippen LogP contribution in [0.5, 0.6) is 0 Å². The van der Waals surface area contributed by atoms with Gasteiger partial charge in [0.2, 0.25) is 0 Å². The summed E-state index contributed by atoms with van der Waals surface area (Å²) in [6, 6.07) is 8.02. The predicted octanol–water partition coefficient (Wildman–Crippen LogP) is 4.49. The molecule has 0 saturated carbocycles. The maximum atomic E-state index is 13.1. The summed E-state index contributed by atoms with van der Waals surface area (Å²) in [6.07, 6.45) is 6.70. The van der Waals surface area contributed by atoms with Crippen molar-refractivity contribution in [3.63, 3.8) is 0 Å².